The van der Waals surface area contributed by atoms with Crippen molar-refractivity contribution in [1.29, 1.82) is 0 Å². The van der Waals surface area contributed by atoms with Gasteiger partial charge in [0.05, 0.1) is 19.8 Å². The number of nitrogens with one attached hydrogen (secondary N) is 1. The summed E-state index contributed by atoms with van der Waals surface area (Å²) in [6.07, 6.45) is 10.7. The van der Waals surface area contributed by atoms with Crippen LogP contribution in [0.2, 0.25) is 5.02 Å². The minimum atomic E-state index is 0. The van der Waals surface area contributed by atoms with E-state index in [1.807, 2.05) is 12.1 Å². The Labute approximate surface area is 208 Å². The smallest absolute Gasteiger partial charge is 0.210 e. The van der Waals surface area contributed by atoms with Gasteiger partial charge in [-0.25, -0.2) is 0 Å². The van der Waals surface area contributed by atoms with E-state index in [1.54, 1.807) is 0 Å². The molecule has 1 unspecified atom stereocenters. The van der Waals surface area contributed by atoms with Crippen LogP contribution in [0.1, 0.15) is 44.1 Å². The second kappa shape index (κ2) is 9.46. The fourth-order valence-electron chi connectivity index (χ4n) is 7.49. The monoisotopic (exact) mass is 492 g/mol. The number of benzene rings is 1. The average Bonchev–Trinajstić information content (AvgIpc) is 3.23. The largest absolute Gasteiger partial charge is 0.379 e. The number of hydrogen-bond acceptors (Lipinski definition) is 5. The molecule has 33 heavy (non-hydrogen) atoms. The molecule has 6 aliphatic rings. The van der Waals surface area contributed by atoms with Crippen LogP contribution in [0.15, 0.2) is 46.6 Å². The maximum absolute atomic E-state index is 6.05. The maximum atomic E-state index is 6.05. The average molecular weight is 494 g/mol. The Kier molecular flexibility index (Phi) is 6.75. The summed E-state index contributed by atoms with van der Waals surface area (Å²) in [7, 11) is 0. The van der Waals surface area contributed by atoms with E-state index < -0.39 is 0 Å². The van der Waals surface area contributed by atoms with Crippen LogP contribution in [0.5, 0.6) is 0 Å². The zero-order chi connectivity index (χ0) is 21.6. The highest BCUT2D eigenvalue weighted by Crippen LogP contribution is 2.60. The molecule has 1 saturated heterocycles. The van der Waals surface area contributed by atoms with Crippen molar-refractivity contribution in [3.63, 3.8) is 0 Å². The predicted octanol–water partition coefficient (Wildman–Crippen LogP) is 5.15. The summed E-state index contributed by atoms with van der Waals surface area (Å²) < 4.78 is 6.28. The summed E-state index contributed by atoms with van der Waals surface area (Å²) in [6, 6.07) is 8.03. The van der Waals surface area contributed by atoms with Crippen molar-refractivity contribution >= 4 is 24.0 Å². The van der Waals surface area contributed by atoms with Crippen LogP contribution in [-0.4, -0.2) is 54.4 Å². The molecule has 180 valence electrons. The van der Waals surface area contributed by atoms with Gasteiger partial charge in [0.2, 0.25) is 5.82 Å². The fraction of sp³-hybridized carbons (Fsp3) is 0.680. The summed E-state index contributed by atoms with van der Waals surface area (Å²) in [5.41, 5.74) is 1.45. The van der Waals surface area contributed by atoms with E-state index in [4.69, 9.17) is 26.7 Å². The molecule has 0 aromatic heterocycles. The van der Waals surface area contributed by atoms with Crippen LogP contribution in [0.25, 0.3) is 0 Å². The molecule has 8 heteroatoms. The van der Waals surface area contributed by atoms with Crippen LogP contribution in [-0.2, 0) is 11.3 Å². The molecular weight excluding hydrogens is 457 g/mol. The van der Waals surface area contributed by atoms with Crippen molar-refractivity contribution in [2.75, 3.05) is 39.4 Å². The molecule has 1 N–H and O–H groups in total. The van der Waals surface area contributed by atoms with Crippen LogP contribution in [0.4, 0.5) is 0 Å². The van der Waals surface area contributed by atoms with Crippen LogP contribution in [0, 0.1) is 17.8 Å². The molecule has 2 heterocycles. The zero-order valence-electron chi connectivity index (χ0n) is 19.3. The van der Waals surface area contributed by atoms with E-state index in [-0.39, 0.29) is 17.9 Å². The Bertz CT molecular complexity index is 863. The summed E-state index contributed by atoms with van der Waals surface area (Å²) in [4.78, 5) is 2.55. The Morgan fingerprint density at radius 3 is 2.30 bits per heavy atom. The predicted molar refractivity (Wildman–Crippen MR) is 132 cm³/mol. The van der Waals surface area contributed by atoms with Crippen molar-refractivity contribution in [2.45, 2.75) is 50.6 Å². The molecule has 0 spiro atoms. The molecule has 4 bridgehead atoms. The lowest BCUT2D eigenvalue weighted by atomic mass is 9.52. The molecule has 7 rings (SSSR count). The van der Waals surface area contributed by atoms with Crippen molar-refractivity contribution in [1.82, 2.24) is 10.2 Å². The first-order chi connectivity index (χ1) is 15.6. The molecule has 4 aliphatic carbocycles. The van der Waals surface area contributed by atoms with Crippen molar-refractivity contribution in [3.8, 4) is 0 Å². The van der Waals surface area contributed by atoms with E-state index in [0.717, 1.165) is 74.5 Å². The van der Waals surface area contributed by atoms with Crippen molar-refractivity contribution in [2.24, 2.45) is 28.1 Å². The lowest BCUT2D eigenvalue weighted by molar-refractivity contribution is -0.944. The molecule has 0 radical (unpaired) electrons. The van der Waals surface area contributed by atoms with Crippen LogP contribution < -0.4 is 5.32 Å². The second-order valence-electron chi connectivity index (χ2n) is 10.8. The van der Waals surface area contributed by atoms with Crippen LogP contribution >= 0.6 is 24.0 Å². The molecule has 4 saturated carbocycles. The third-order valence-corrected chi connectivity index (χ3v) is 8.97. The number of halogens is 2. The van der Waals surface area contributed by atoms with Gasteiger partial charge in [-0.15, -0.1) is 17.0 Å². The van der Waals surface area contributed by atoms with Gasteiger partial charge in [-0.2, -0.15) is 0 Å². The lowest BCUT2D eigenvalue weighted by Gasteiger charge is -2.59. The van der Waals surface area contributed by atoms with E-state index in [2.05, 4.69) is 28.5 Å². The van der Waals surface area contributed by atoms with E-state index in [9.17, 15) is 0 Å². The van der Waals surface area contributed by atoms with E-state index in [0.29, 0.717) is 4.59 Å². The molecule has 1 aromatic carbocycles. The third-order valence-electron chi connectivity index (χ3n) is 8.72. The van der Waals surface area contributed by atoms with Gasteiger partial charge in [-0.05, 0) is 54.7 Å². The summed E-state index contributed by atoms with van der Waals surface area (Å²) in [6.45, 7) is 6.58. The van der Waals surface area contributed by atoms with E-state index in [1.165, 1.54) is 44.1 Å². The van der Waals surface area contributed by atoms with Gasteiger partial charge in [0.1, 0.15) is 12.1 Å². The lowest BCUT2D eigenvalue weighted by Crippen LogP contribution is -2.66. The van der Waals surface area contributed by atoms with Gasteiger partial charge in [-0.1, -0.05) is 28.8 Å². The van der Waals surface area contributed by atoms with Crippen molar-refractivity contribution < 1.29 is 9.33 Å². The summed E-state index contributed by atoms with van der Waals surface area (Å²) >= 11 is 6.05. The minimum absolute atomic E-state index is 0. The normalized spacial score (nSPS) is 37.1. The van der Waals surface area contributed by atoms with Gasteiger partial charge < -0.3 is 10.1 Å². The van der Waals surface area contributed by atoms with Gasteiger partial charge in [0.15, 0.2) is 6.20 Å². The molecule has 5 fully saturated rings. The van der Waals surface area contributed by atoms with Gasteiger partial charge in [-0.3, -0.25) is 4.90 Å². The molecule has 0 amide bonds. The molecule has 1 atom stereocenters. The molecule has 6 nitrogen and oxygen atoms in total. The number of nitrogens with zero attached hydrogens (tertiary/aromatic N) is 4. The Morgan fingerprint density at radius 2 is 1.67 bits per heavy atom. The number of rotatable bonds is 7. The SMILES string of the molecule is Cl.Clc1ccc(CNC2=C[N+](CCN3CCOCC3)(C34CC5CC(CC(C5)C3)C4)N=N2)cc1. The van der Waals surface area contributed by atoms with Crippen molar-refractivity contribution in [3.05, 3.63) is 46.9 Å². The second-order valence-corrected chi connectivity index (χ2v) is 11.3. The highest BCUT2D eigenvalue weighted by atomic mass is 35.5. The Balaban J connectivity index is 0.00000228. The quantitative estimate of drug-likeness (QED) is 0.535. The summed E-state index contributed by atoms with van der Waals surface area (Å²) in [5, 5.41) is 14.1. The number of quaternary nitrogens is 1. The number of hydrogen-bond donors (Lipinski definition) is 1. The minimum Gasteiger partial charge on any atom is -0.379 e. The molecule has 2 aliphatic heterocycles. The van der Waals surface area contributed by atoms with E-state index >= 15 is 0 Å². The molecular formula is C25H36Cl2N5O+. The topological polar surface area (TPSA) is 49.2 Å². The third kappa shape index (κ3) is 4.57. The Morgan fingerprint density at radius 1 is 1.03 bits per heavy atom. The number of morpholine rings is 1. The molecule has 1 aromatic rings. The first kappa shape index (κ1) is 23.6. The van der Waals surface area contributed by atoms with Crippen LogP contribution in [0.3, 0.4) is 0 Å². The van der Waals surface area contributed by atoms with Gasteiger partial charge in [0.25, 0.3) is 0 Å². The standard InChI is InChI=1S/C25H35ClN5O.ClH/c26-23-3-1-19(2-4-23)17-27-24-18-31(29-28-24,8-5-30-6-9-32-10-7-30)25-14-20-11-21(15-25)13-22(12-20)16-25;/h1-4,18,20-22,27H,5-17H2;1H/q+1;. The van der Waals surface area contributed by atoms with Gasteiger partial charge >= 0.3 is 0 Å². The van der Waals surface area contributed by atoms with Gasteiger partial charge in [0, 0.05) is 49.1 Å². The summed E-state index contributed by atoms with van der Waals surface area (Å²) in [5.74, 6) is 3.62. The first-order valence-corrected chi connectivity index (χ1v) is 12.8. The Hall–Kier alpha value is -1.18. The highest BCUT2D eigenvalue weighted by Gasteiger charge is 2.63. The first-order valence-electron chi connectivity index (χ1n) is 12.4. The highest BCUT2D eigenvalue weighted by molar-refractivity contribution is 6.30. The number of ether oxygens (including phenoxy) is 1. The maximum Gasteiger partial charge on any atom is 0.210 e. The fourth-order valence-corrected chi connectivity index (χ4v) is 7.62. The zero-order valence-corrected chi connectivity index (χ0v) is 20.9.